The minimum atomic E-state index is -4.17. The van der Waals surface area contributed by atoms with E-state index in [4.69, 9.17) is 34.8 Å². The molecule has 3 aromatic carbocycles. The fraction of sp³-hybridized carbons (Fsp3) is 0.310. The van der Waals surface area contributed by atoms with Crippen LogP contribution in [0.1, 0.15) is 38.3 Å². The van der Waals surface area contributed by atoms with E-state index in [1.54, 1.807) is 68.4 Å². The third kappa shape index (κ3) is 7.69. The van der Waals surface area contributed by atoms with Crippen molar-refractivity contribution in [3.05, 3.63) is 92.9 Å². The number of halogens is 3. The number of amides is 2. The van der Waals surface area contributed by atoms with Crippen LogP contribution in [0.15, 0.2) is 71.6 Å². The van der Waals surface area contributed by atoms with Gasteiger partial charge in [0.2, 0.25) is 11.8 Å². The van der Waals surface area contributed by atoms with Gasteiger partial charge in [0.05, 0.1) is 10.6 Å². The van der Waals surface area contributed by atoms with Crippen molar-refractivity contribution in [2.45, 2.75) is 57.6 Å². The first-order valence-electron chi connectivity index (χ1n) is 12.7. The molecule has 0 aliphatic carbocycles. The molecule has 0 aliphatic rings. The van der Waals surface area contributed by atoms with Crippen LogP contribution in [0, 0.1) is 6.92 Å². The summed E-state index contributed by atoms with van der Waals surface area (Å²) in [7, 11) is -4.17. The Kier molecular flexibility index (Phi) is 10.9. The van der Waals surface area contributed by atoms with Gasteiger partial charge in [-0.15, -0.1) is 0 Å². The summed E-state index contributed by atoms with van der Waals surface area (Å²) in [5.74, 6) is -0.959. The first-order valence-corrected chi connectivity index (χ1v) is 15.3. The lowest BCUT2D eigenvalue weighted by atomic mass is 10.1. The van der Waals surface area contributed by atoms with Gasteiger partial charge >= 0.3 is 0 Å². The minimum Gasteiger partial charge on any atom is -0.352 e. The number of hydrogen-bond acceptors (Lipinski definition) is 4. The average Bonchev–Trinajstić information content (AvgIpc) is 2.91. The molecule has 0 saturated heterocycles. The van der Waals surface area contributed by atoms with Gasteiger partial charge in [0, 0.05) is 27.7 Å². The molecule has 1 N–H and O–H groups in total. The van der Waals surface area contributed by atoms with Crippen molar-refractivity contribution >= 4 is 62.3 Å². The Balaban J connectivity index is 2.07. The lowest BCUT2D eigenvalue weighted by molar-refractivity contribution is -0.139. The number of nitrogens with one attached hydrogen (secondary N) is 1. The molecule has 2 amide bonds. The largest absolute Gasteiger partial charge is 0.352 e. The van der Waals surface area contributed by atoms with Gasteiger partial charge in [0.25, 0.3) is 10.0 Å². The molecule has 0 fully saturated rings. The van der Waals surface area contributed by atoms with E-state index in [2.05, 4.69) is 5.32 Å². The Bertz CT molecular complexity index is 1470. The second-order valence-electron chi connectivity index (χ2n) is 9.51. The molecule has 0 bridgehead atoms. The molecular formula is C29H32Cl3N3O4S. The Morgan fingerprint density at radius 1 is 0.925 bits per heavy atom. The molecule has 2 unspecified atom stereocenters. The van der Waals surface area contributed by atoms with Crippen molar-refractivity contribution in [2.75, 3.05) is 10.8 Å². The maximum absolute atomic E-state index is 14.0. The summed E-state index contributed by atoms with van der Waals surface area (Å²) in [6, 6.07) is 16.4. The van der Waals surface area contributed by atoms with Crippen molar-refractivity contribution in [3.8, 4) is 0 Å². The Morgan fingerprint density at radius 3 is 2.15 bits per heavy atom. The molecule has 0 radical (unpaired) electrons. The highest BCUT2D eigenvalue weighted by Crippen LogP contribution is 2.30. The Labute approximate surface area is 251 Å². The molecule has 0 spiro atoms. The zero-order chi connectivity index (χ0) is 29.6. The van der Waals surface area contributed by atoms with Crippen LogP contribution in [-0.2, 0) is 26.2 Å². The van der Waals surface area contributed by atoms with Gasteiger partial charge in [0.1, 0.15) is 12.6 Å². The fourth-order valence-electron chi connectivity index (χ4n) is 4.01. The van der Waals surface area contributed by atoms with E-state index in [9.17, 15) is 18.0 Å². The normalized spacial score (nSPS) is 12.9. The summed E-state index contributed by atoms with van der Waals surface area (Å²) >= 11 is 18.6. The maximum Gasteiger partial charge on any atom is 0.264 e. The van der Waals surface area contributed by atoms with Gasteiger partial charge in [-0.05, 0) is 80.8 Å². The minimum absolute atomic E-state index is 0.0204. The fourth-order valence-corrected chi connectivity index (χ4v) is 6.21. The van der Waals surface area contributed by atoms with Gasteiger partial charge in [-0.2, -0.15) is 0 Å². The predicted molar refractivity (Wildman–Crippen MR) is 162 cm³/mol. The van der Waals surface area contributed by atoms with Crippen LogP contribution < -0.4 is 9.62 Å². The Hall–Kier alpha value is -2.78. The summed E-state index contributed by atoms with van der Waals surface area (Å²) in [6.45, 7) is 6.52. The SMILES string of the molecule is CCC(C)NC(=O)C(C)N(Cc1ccc(Cl)cc1Cl)C(=O)CN(c1ccc(Cl)cc1C)S(=O)(=O)c1ccccc1. The van der Waals surface area contributed by atoms with Gasteiger partial charge in [-0.25, -0.2) is 8.42 Å². The number of carbonyl (C=O) groups excluding carboxylic acids is 2. The van der Waals surface area contributed by atoms with E-state index in [-0.39, 0.29) is 23.4 Å². The second-order valence-corrected chi connectivity index (χ2v) is 12.6. The summed E-state index contributed by atoms with van der Waals surface area (Å²) in [6.07, 6.45) is 0.703. The van der Waals surface area contributed by atoms with Gasteiger partial charge in [0.15, 0.2) is 0 Å². The van der Waals surface area contributed by atoms with Crippen LogP contribution in [0.4, 0.5) is 5.69 Å². The monoisotopic (exact) mass is 623 g/mol. The first-order chi connectivity index (χ1) is 18.8. The van der Waals surface area contributed by atoms with E-state index >= 15 is 0 Å². The molecule has 7 nitrogen and oxygen atoms in total. The standard InChI is InChI=1S/C29H32Cl3N3O4S/c1-5-20(3)33-29(37)21(4)34(17-22-11-12-24(31)16-26(22)32)28(36)18-35(27-14-13-23(30)15-19(27)2)40(38,39)25-9-7-6-8-10-25/h6-16,20-21H,5,17-18H2,1-4H3,(H,33,37). The molecule has 214 valence electrons. The molecule has 0 heterocycles. The topological polar surface area (TPSA) is 86.8 Å². The van der Waals surface area contributed by atoms with Gasteiger partial charge in [-0.1, -0.05) is 66.0 Å². The highest BCUT2D eigenvalue weighted by Gasteiger charge is 2.33. The van der Waals surface area contributed by atoms with Crippen LogP contribution >= 0.6 is 34.8 Å². The first kappa shape index (κ1) is 31.7. The van der Waals surface area contributed by atoms with E-state index in [1.165, 1.54) is 17.0 Å². The number of anilines is 1. The van der Waals surface area contributed by atoms with E-state index in [0.717, 1.165) is 4.31 Å². The van der Waals surface area contributed by atoms with Crippen LogP contribution in [0.2, 0.25) is 15.1 Å². The molecule has 0 aromatic heterocycles. The van der Waals surface area contributed by atoms with Crippen molar-refractivity contribution < 1.29 is 18.0 Å². The zero-order valence-electron chi connectivity index (χ0n) is 22.7. The quantitative estimate of drug-likeness (QED) is 0.265. The van der Waals surface area contributed by atoms with E-state index in [1.807, 2.05) is 13.8 Å². The maximum atomic E-state index is 14.0. The third-order valence-corrected chi connectivity index (χ3v) is 9.16. The molecule has 3 rings (SSSR count). The van der Waals surface area contributed by atoms with Crippen LogP contribution in [0.25, 0.3) is 0 Å². The molecular weight excluding hydrogens is 593 g/mol. The molecule has 3 aromatic rings. The number of nitrogens with zero attached hydrogens (tertiary/aromatic N) is 2. The number of carbonyl (C=O) groups is 2. The van der Waals surface area contributed by atoms with Gasteiger partial charge in [-0.3, -0.25) is 13.9 Å². The van der Waals surface area contributed by atoms with E-state index in [0.29, 0.717) is 38.3 Å². The predicted octanol–water partition coefficient (Wildman–Crippen LogP) is 6.48. The van der Waals surface area contributed by atoms with Crippen LogP contribution in [0.5, 0.6) is 0 Å². The molecule has 0 saturated carbocycles. The number of hydrogen-bond donors (Lipinski definition) is 1. The summed E-state index contributed by atoms with van der Waals surface area (Å²) < 4.78 is 28.8. The van der Waals surface area contributed by atoms with Crippen molar-refractivity contribution in [1.82, 2.24) is 10.2 Å². The summed E-state index contributed by atoms with van der Waals surface area (Å²) in [5, 5.41) is 4.07. The highest BCUT2D eigenvalue weighted by atomic mass is 35.5. The Morgan fingerprint density at radius 2 is 1.55 bits per heavy atom. The molecule has 40 heavy (non-hydrogen) atoms. The molecule has 11 heteroatoms. The highest BCUT2D eigenvalue weighted by molar-refractivity contribution is 7.92. The third-order valence-electron chi connectivity index (χ3n) is 6.56. The van der Waals surface area contributed by atoms with Crippen molar-refractivity contribution in [2.24, 2.45) is 0 Å². The average molecular weight is 625 g/mol. The lowest BCUT2D eigenvalue weighted by Crippen LogP contribution is -2.52. The van der Waals surface area contributed by atoms with Gasteiger partial charge < -0.3 is 10.2 Å². The van der Waals surface area contributed by atoms with E-state index < -0.39 is 28.5 Å². The summed E-state index contributed by atoms with van der Waals surface area (Å²) in [5.41, 5.74) is 1.42. The smallest absolute Gasteiger partial charge is 0.264 e. The zero-order valence-corrected chi connectivity index (χ0v) is 25.8. The van der Waals surface area contributed by atoms with Crippen molar-refractivity contribution in [3.63, 3.8) is 0 Å². The number of aryl methyl sites for hydroxylation is 1. The summed E-state index contributed by atoms with van der Waals surface area (Å²) in [4.78, 5) is 28.5. The number of benzene rings is 3. The van der Waals surface area contributed by atoms with Crippen LogP contribution in [0.3, 0.4) is 0 Å². The molecule has 2 atom stereocenters. The van der Waals surface area contributed by atoms with Crippen molar-refractivity contribution in [1.29, 1.82) is 0 Å². The number of rotatable bonds is 11. The second kappa shape index (κ2) is 13.7. The molecule has 0 aliphatic heterocycles. The van der Waals surface area contributed by atoms with Crippen LogP contribution in [-0.4, -0.2) is 43.8 Å². The number of sulfonamides is 1. The lowest BCUT2D eigenvalue weighted by Gasteiger charge is -2.33.